The van der Waals surface area contributed by atoms with Crippen molar-refractivity contribution in [1.82, 2.24) is 10.2 Å². The van der Waals surface area contributed by atoms with Gasteiger partial charge in [0.2, 0.25) is 5.91 Å². The van der Waals surface area contributed by atoms with Crippen LogP contribution in [0, 0.1) is 13.8 Å². The smallest absolute Gasteiger partial charge is 0.307 e. The number of para-hydroxylation sites is 1. The number of nitrogens with one attached hydrogen (secondary N) is 1. The average molecular weight is 364 g/mol. The fourth-order valence-corrected chi connectivity index (χ4v) is 2.48. The maximum absolute atomic E-state index is 12.5. The third-order valence-corrected chi connectivity index (χ3v) is 3.89. The van der Waals surface area contributed by atoms with Gasteiger partial charge < -0.3 is 19.7 Å². The SMILES string of the molecule is COC(=O)CCN(CCCNC(C)=O)C(=O)COc1c(C)cccc1C. The quantitative estimate of drug-likeness (QED) is 0.503. The fraction of sp³-hybridized carbons (Fsp3) is 0.526. The van der Waals surface area contributed by atoms with Crippen LogP contribution >= 0.6 is 0 Å². The Morgan fingerprint density at radius 2 is 1.77 bits per heavy atom. The van der Waals surface area contributed by atoms with Gasteiger partial charge in [-0.15, -0.1) is 0 Å². The number of rotatable bonds is 10. The van der Waals surface area contributed by atoms with E-state index in [-0.39, 0.29) is 37.4 Å². The number of methoxy groups -OCH3 is 1. The van der Waals surface area contributed by atoms with Crippen LogP contribution in [0.4, 0.5) is 0 Å². The number of esters is 1. The molecule has 0 unspecified atom stereocenters. The van der Waals surface area contributed by atoms with Crippen LogP contribution in [0.1, 0.15) is 30.9 Å². The molecule has 1 aromatic carbocycles. The largest absolute Gasteiger partial charge is 0.483 e. The van der Waals surface area contributed by atoms with Crippen LogP contribution in [0.15, 0.2) is 18.2 Å². The Hall–Kier alpha value is -2.57. The Morgan fingerprint density at radius 1 is 1.12 bits per heavy atom. The number of amides is 2. The van der Waals surface area contributed by atoms with Crippen LogP contribution in [0.2, 0.25) is 0 Å². The first-order valence-corrected chi connectivity index (χ1v) is 8.63. The van der Waals surface area contributed by atoms with E-state index in [2.05, 4.69) is 10.1 Å². The monoisotopic (exact) mass is 364 g/mol. The van der Waals surface area contributed by atoms with E-state index >= 15 is 0 Å². The number of benzene rings is 1. The molecule has 1 rings (SSSR count). The summed E-state index contributed by atoms with van der Waals surface area (Å²) in [4.78, 5) is 36.4. The molecular formula is C19H28N2O5. The van der Waals surface area contributed by atoms with E-state index in [1.54, 1.807) is 4.90 Å². The molecule has 2 amide bonds. The lowest BCUT2D eigenvalue weighted by atomic mass is 10.1. The van der Waals surface area contributed by atoms with Gasteiger partial charge in [-0.1, -0.05) is 18.2 Å². The minimum Gasteiger partial charge on any atom is -0.483 e. The van der Waals surface area contributed by atoms with Crippen molar-refractivity contribution in [1.29, 1.82) is 0 Å². The topological polar surface area (TPSA) is 84.9 Å². The van der Waals surface area contributed by atoms with Gasteiger partial charge in [0.25, 0.3) is 5.91 Å². The first kappa shape index (κ1) is 21.5. The number of carbonyl (C=O) groups excluding carboxylic acids is 3. The molecule has 1 aromatic rings. The molecule has 0 aliphatic heterocycles. The van der Waals surface area contributed by atoms with Crippen molar-refractivity contribution in [2.45, 2.75) is 33.6 Å². The molecule has 0 heterocycles. The van der Waals surface area contributed by atoms with Crippen LogP contribution < -0.4 is 10.1 Å². The summed E-state index contributed by atoms with van der Waals surface area (Å²) in [5.74, 6) is 0.00233. The molecule has 144 valence electrons. The Balaban J connectivity index is 2.63. The first-order chi connectivity index (χ1) is 12.3. The highest BCUT2D eigenvalue weighted by atomic mass is 16.5. The third-order valence-electron chi connectivity index (χ3n) is 3.89. The summed E-state index contributed by atoms with van der Waals surface area (Å²) in [5, 5.41) is 2.69. The van der Waals surface area contributed by atoms with Gasteiger partial charge in [-0.3, -0.25) is 14.4 Å². The van der Waals surface area contributed by atoms with Crippen molar-refractivity contribution in [3.05, 3.63) is 29.3 Å². The van der Waals surface area contributed by atoms with Crippen molar-refractivity contribution in [2.24, 2.45) is 0 Å². The minimum atomic E-state index is -0.375. The molecule has 0 saturated heterocycles. The standard InChI is InChI=1S/C19H28N2O5/c1-14-7-5-8-15(2)19(14)26-13-17(23)21(12-9-18(24)25-4)11-6-10-20-16(3)22/h5,7-8H,6,9-13H2,1-4H3,(H,20,22). The van der Waals surface area contributed by atoms with E-state index in [0.717, 1.165) is 11.1 Å². The van der Waals surface area contributed by atoms with Gasteiger partial charge in [-0.2, -0.15) is 0 Å². The number of nitrogens with zero attached hydrogens (tertiary/aromatic N) is 1. The molecule has 0 aliphatic carbocycles. The highest BCUT2D eigenvalue weighted by Gasteiger charge is 2.16. The third kappa shape index (κ3) is 7.55. The van der Waals surface area contributed by atoms with E-state index in [9.17, 15) is 14.4 Å². The summed E-state index contributed by atoms with van der Waals surface area (Å²) in [5.41, 5.74) is 1.93. The van der Waals surface area contributed by atoms with E-state index in [1.165, 1.54) is 14.0 Å². The Morgan fingerprint density at radius 3 is 2.35 bits per heavy atom. The highest BCUT2D eigenvalue weighted by Crippen LogP contribution is 2.22. The van der Waals surface area contributed by atoms with Crippen LogP contribution in [0.3, 0.4) is 0 Å². The van der Waals surface area contributed by atoms with E-state index in [4.69, 9.17) is 4.74 Å². The number of hydrogen-bond donors (Lipinski definition) is 1. The summed E-state index contributed by atoms with van der Waals surface area (Å²) in [6.07, 6.45) is 0.710. The molecule has 0 bridgehead atoms. The lowest BCUT2D eigenvalue weighted by Crippen LogP contribution is -2.38. The molecule has 0 radical (unpaired) electrons. The first-order valence-electron chi connectivity index (χ1n) is 8.63. The highest BCUT2D eigenvalue weighted by molar-refractivity contribution is 5.78. The molecule has 0 spiro atoms. The molecule has 1 N–H and O–H groups in total. The zero-order valence-corrected chi connectivity index (χ0v) is 16.0. The van der Waals surface area contributed by atoms with E-state index in [1.807, 2.05) is 32.0 Å². The maximum atomic E-state index is 12.5. The minimum absolute atomic E-state index is 0.104. The van der Waals surface area contributed by atoms with Crippen LogP contribution in [0.5, 0.6) is 5.75 Å². The van der Waals surface area contributed by atoms with Crippen molar-refractivity contribution in [3.8, 4) is 5.75 Å². The van der Waals surface area contributed by atoms with Gasteiger partial charge in [0.05, 0.1) is 13.5 Å². The van der Waals surface area contributed by atoms with Gasteiger partial charge in [-0.05, 0) is 31.4 Å². The predicted octanol–water partition coefficient (Wildman–Crippen LogP) is 1.60. The molecule has 7 nitrogen and oxygen atoms in total. The predicted molar refractivity (Wildman–Crippen MR) is 97.9 cm³/mol. The summed E-state index contributed by atoms with van der Waals surface area (Å²) in [7, 11) is 1.31. The summed E-state index contributed by atoms with van der Waals surface area (Å²) < 4.78 is 10.3. The van der Waals surface area contributed by atoms with Crippen molar-refractivity contribution < 1.29 is 23.9 Å². The zero-order chi connectivity index (χ0) is 19.5. The molecule has 0 atom stereocenters. The van der Waals surface area contributed by atoms with Gasteiger partial charge >= 0.3 is 5.97 Å². The number of aryl methyl sites for hydroxylation is 2. The molecule has 7 heteroatoms. The van der Waals surface area contributed by atoms with Gasteiger partial charge in [-0.25, -0.2) is 0 Å². The molecule has 26 heavy (non-hydrogen) atoms. The molecule has 0 aromatic heterocycles. The van der Waals surface area contributed by atoms with E-state index in [0.29, 0.717) is 25.3 Å². The number of hydrogen-bond acceptors (Lipinski definition) is 5. The van der Waals surface area contributed by atoms with Crippen molar-refractivity contribution in [3.63, 3.8) is 0 Å². The Kier molecular flexibility index (Phi) is 9.19. The van der Waals surface area contributed by atoms with Crippen molar-refractivity contribution >= 4 is 17.8 Å². The fourth-order valence-electron chi connectivity index (χ4n) is 2.48. The van der Waals surface area contributed by atoms with Crippen molar-refractivity contribution in [2.75, 3.05) is 33.4 Å². The molecular weight excluding hydrogens is 336 g/mol. The second-order valence-electron chi connectivity index (χ2n) is 6.05. The normalized spacial score (nSPS) is 10.2. The Labute approximate surface area is 154 Å². The van der Waals surface area contributed by atoms with Crippen LogP contribution in [-0.2, 0) is 19.1 Å². The van der Waals surface area contributed by atoms with Gasteiger partial charge in [0.1, 0.15) is 5.75 Å². The summed E-state index contributed by atoms with van der Waals surface area (Å²) in [6.45, 7) is 6.33. The lowest BCUT2D eigenvalue weighted by molar-refractivity contribution is -0.142. The van der Waals surface area contributed by atoms with Gasteiger partial charge in [0, 0.05) is 26.6 Å². The number of carbonyl (C=O) groups is 3. The maximum Gasteiger partial charge on any atom is 0.307 e. The number of ether oxygens (including phenoxy) is 2. The Bertz CT molecular complexity index is 610. The average Bonchev–Trinajstić information content (AvgIpc) is 2.59. The molecule has 0 saturated carbocycles. The van der Waals surface area contributed by atoms with Crippen LogP contribution in [-0.4, -0.2) is 56.0 Å². The van der Waals surface area contributed by atoms with E-state index < -0.39 is 0 Å². The zero-order valence-electron chi connectivity index (χ0n) is 16.0. The molecule has 0 fully saturated rings. The molecule has 0 aliphatic rings. The lowest BCUT2D eigenvalue weighted by Gasteiger charge is -2.23. The second kappa shape index (κ2) is 11.1. The summed E-state index contributed by atoms with van der Waals surface area (Å²) in [6, 6.07) is 5.79. The summed E-state index contributed by atoms with van der Waals surface area (Å²) >= 11 is 0. The van der Waals surface area contributed by atoms with Gasteiger partial charge in [0.15, 0.2) is 6.61 Å². The second-order valence-corrected chi connectivity index (χ2v) is 6.05. The van der Waals surface area contributed by atoms with Crippen LogP contribution in [0.25, 0.3) is 0 Å².